The van der Waals surface area contributed by atoms with Crippen molar-refractivity contribution in [2.24, 2.45) is 0 Å². The molecule has 0 unspecified atom stereocenters. The van der Waals surface area contributed by atoms with Gasteiger partial charge in [0.15, 0.2) is 5.75 Å². The van der Waals surface area contributed by atoms with Crippen molar-refractivity contribution in [1.82, 2.24) is 9.29 Å². The van der Waals surface area contributed by atoms with E-state index in [4.69, 9.17) is 0 Å². The maximum Gasteiger partial charge on any atom is 0.404 e. The lowest BCUT2D eigenvalue weighted by atomic mass is 10.1. The summed E-state index contributed by atoms with van der Waals surface area (Å²) in [6.45, 7) is 0.279. The molecule has 178 valence electrons. The van der Waals surface area contributed by atoms with Gasteiger partial charge in [-0.2, -0.15) is 13.2 Å². The van der Waals surface area contributed by atoms with Gasteiger partial charge in [-0.25, -0.2) is 25.2 Å². The fourth-order valence-electron chi connectivity index (χ4n) is 3.13. The number of rotatable bonds is 8. The first kappa shape index (κ1) is 24.7. The van der Waals surface area contributed by atoms with Crippen molar-refractivity contribution in [3.05, 3.63) is 72.2 Å². The predicted molar refractivity (Wildman–Crippen MR) is 115 cm³/mol. The van der Waals surface area contributed by atoms with Crippen molar-refractivity contribution >= 4 is 25.7 Å². The summed E-state index contributed by atoms with van der Waals surface area (Å²) >= 11 is 0. The number of nitrogens with one attached hydrogen (secondary N) is 2. The summed E-state index contributed by atoms with van der Waals surface area (Å²) < 4.78 is 105. The molecule has 1 heterocycles. The van der Waals surface area contributed by atoms with Gasteiger partial charge < -0.3 is 5.32 Å². The van der Waals surface area contributed by atoms with Crippen LogP contribution in [0.3, 0.4) is 0 Å². The normalized spacial score (nSPS) is 12.6. The van der Waals surface area contributed by atoms with Crippen LogP contribution in [0.25, 0.3) is 11.3 Å². The standard InChI is InChI=1S/C20H19F4N3O4S2/c1-25-11-14-9-19(17-7-2-3-8-18(17)21)27(12-14)33(30,31)16-6-4-5-15(10-16)26-32(28,29)13-20(22,23)24/h2-10,12,25-26H,11,13H2,1H3. The topological polar surface area (TPSA) is 97.3 Å². The van der Waals surface area contributed by atoms with E-state index in [-0.39, 0.29) is 23.5 Å². The molecule has 0 aliphatic heterocycles. The Hall–Kier alpha value is -2.90. The van der Waals surface area contributed by atoms with Gasteiger partial charge in [0.25, 0.3) is 10.0 Å². The van der Waals surface area contributed by atoms with Gasteiger partial charge in [-0.1, -0.05) is 18.2 Å². The van der Waals surface area contributed by atoms with Crippen LogP contribution in [-0.2, 0) is 26.6 Å². The van der Waals surface area contributed by atoms with E-state index in [0.29, 0.717) is 5.56 Å². The Labute approximate surface area is 188 Å². The number of nitrogens with zero attached hydrogens (tertiary/aromatic N) is 1. The smallest absolute Gasteiger partial charge is 0.316 e. The quantitative estimate of drug-likeness (QED) is 0.457. The van der Waals surface area contributed by atoms with Gasteiger partial charge in [0.2, 0.25) is 10.0 Å². The van der Waals surface area contributed by atoms with Gasteiger partial charge in [0.05, 0.1) is 10.6 Å². The van der Waals surface area contributed by atoms with E-state index >= 15 is 0 Å². The van der Waals surface area contributed by atoms with Crippen LogP contribution in [0.15, 0.2) is 65.7 Å². The first-order chi connectivity index (χ1) is 15.3. The molecule has 0 saturated carbocycles. The van der Waals surface area contributed by atoms with Gasteiger partial charge in [0.1, 0.15) is 5.82 Å². The molecule has 2 N–H and O–H groups in total. The van der Waals surface area contributed by atoms with Crippen LogP contribution in [0.5, 0.6) is 0 Å². The second-order valence-electron chi connectivity index (χ2n) is 7.05. The van der Waals surface area contributed by atoms with E-state index in [9.17, 15) is 34.4 Å². The molecule has 0 amide bonds. The van der Waals surface area contributed by atoms with Crippen molar-refractivity contribution in [2.75, 3.05) is 17.5 Å². The number of sulfonamides is 1. The molecule has 0 saturated heterocycles. The van der Waals surface area contributed by atoms with Crippen LogP contribution in [0.4, 0.5) is 23.2 Å². The Morgan fingerprint density at radius 3 is 2.30 bits per heavy atom. The number of hydrogen-bond donors (Lipinski definition) is 2. The largest absolute Gasteiger partial charge is 0.404 e. The van der Waals surface area contributed by atoms with E-state index in [1.807, 2.05) is 0 Å². The highest BCUT2D eigenvalue weighted by Gasteiger charge is 2.35. The lowest BCUT2D eigenvalue weighted by Crippen LogP contribution is -2.28. The van der Waals surface area contributed by atoms with Gasteiger partial charge >= 0.3 is 6.18 Å². The minimum Gasteiger partial charge on any atom is -0.316 e. The zero-order chi connectivity index (χ0) is 24.4. The molecule has 0 aliphatic rings. The van der Waals surface area contributed by atoms with Crippen molar-refractivity contribution in [1.29, 1.82) is 0 Å². The second-order valence-corrected chi connectivity index (χ2v) is 10.6. The number of alkyl halides is 3. The van der Waals surface area contributed by atoms with Crippen LogP contribution >= 0.6 is 0 Å². The number of halogens is 4. The van der Waals surface area contributed by atoms with Gasteiger partial charge in [-0.3, -0.25) is 4.72 Å². The maximum atomic E-state index is 14.4. The summed E-state index contributed by atoms with van der Waals surface area (Å²) in [5, 5.41) is 2.86. The summed E-state index contributed by atoms with van der Waals surface area (Å²) in [6.07, 6.45) is -3.69. The minimum atomic E-state index is -4.97. The van der Waals surface area contributed by atoms with Crippen molar-refractivity contribution in [2.45, 2.75) is 17.6 Å². The Morgan fingerprint density at radius 2 is 1.67 bits per heavy atom. The Morgan fingerprint density at radius 1 is 0.970 bits per heavy atom. The molecule has 0 spiro atoms. The highest BCUT2D eigenvalue weighted by Crippen LogP contribution is 2.30. The first-order valence-corrected chi connectivity index (χ1v) is 12.5. The summed E-state index contributed by atoms with van der Waals surface area (Å²) in [5.41, 5.74) is 0.212. The summed E-state index contributed by atoms with van der Waals surface area (Å²) in [7, 11) is -7.55. The zero-order valence-corrected chi connectivity index (χ0v) is 18.7. The summed E-state index contributed by atoms with van der Waals surface area (Å²) in [6, 6.07) is 11.4. The second kappa shape index (κ2) is 9.15. The number of anilines is 1. The van der Waals surface area contributed by atoms with E-state index in [1.54, 1.807) is 11.8 Å². The van der Waals surface area contributed by atoms with Crippen molar-refractivity contribution in [3.63, 3.8) is 0 Å². The number of aromatic nitrogens is 1. The Kier molecular flexibility index (Phi) is 6.86. The molecular formula is C20H19F4N3O4S2. The highest BCUT2D eigenvalue weighted by molar-refractivity contribution is 7.92. The van der Waals surface area contributed by atoms with Crippen LogP contribution in [0.2, 0.25) is 0 Å². The molecule has 0 bridgehead atoms. The molecule has 0 aliphatic carbocycles. The summed E-state index contributed by atoms with van der Waals surface area (Å²) in [5.74, 6) is -2.78. The summed E-state index contributed by atoms with van der Waals surface area (Å²) in [4.78, 5) is -0.404. The fraction of sp³-hybridized carbons (Fsp3) is 0.200. The Bertz CT molecular complexity index is 1370. The van der Waals surface area contributed by atoms with Gasteiger partial charge in [-0.15, -0.1) is 0 Å². The number of hydrogen-bond acceptors (Lipinski definition) is 5. The Balaban J connectivity index is 2.07. The highest BCUT2D eigenvalue weighted by atomic mass is 32.2. The molecule has 2 aromatic carbocycles. The van der Waals surface area contributed by atoms with E-state index in [0.717, 1.165) is 22.2 Å². The lowest BCUT2D eigenvalue weighted by Gasteiger charge is -2.13. The molecule has 13 heteroatoms. The number of benzene rings is 2. The zero-order valence-electron chi connectivity index (χ0n) is 17.1. The van der Waals surface area contributed by atoms with Crippen LogP contribution < -0.4 is 10.0 Å². The SMILES string of the molecule is CNCc1cc(-c2ccccc2F)n(S(=O)(=O)c2cccc(NS(=O)(=O)CC(F)(F)F)c2)c1. The van der Waals surface area contributed by atoms with Crippen molar-refractivity contribution < 1.29 is 34.4 Å². The molecule has 3 aromatic rings. The minimum absolute atomic E-state index is 0.0189. The third-order valence-electron chi connectivity index (χ3n) is 4.39. The van der Waals surface area contributed by atoms with E-state index < -0.39 is 42.7 Å². The van der Waals surface area contributed by atoms with Crippen LogP contribution in [0, 0.1) is 5.82 Å². The van der Waals surface area contributed by atoms with Gasteiger partial charge in [-0.05, 0) is 49.0 Å². The predicted octanol–water partition coefficient (Wildman–Crippen LogP) is 3.55. The average molecular weight is 506 g/mol. The van der Waals surface area contributed by atoms with E-state index in [1.165, 1.54) is 42.6 Å². The monoisotopic (exact) mass is 505 g/mol. The molecule has 1 aromatic heterocycles. The average Bonchev–Trinajstić information content (AvgIpc) is 3.11. The third-order valence-corrected chi connectivity index (χ3v) is 7.31. The van der Waals surface area contributed by atoms with Crippen molar-refractivity contribution in [3.8, 4) is 11.3 Å². The molecule has 3 rings (SSSR count). The lowest BCUT2D eigenvalue weighted by molar-refractivity contribution is -0.106. The molecule has 0 fully saturated rings. The molecular weight excluding hydrogens is 486 g/mol. The van der Waals surface area contributed by atoms with Gasteiger partial charge in [0, 0.05) is 24.0 Å². The third kappa shape index (κ3) is 5.92. The fourth-order valence-corrected chi connectivity index (χ4v) is 5.55. The first-order valence-electron chi connectivity index (χ1n) is 9.36. The van der Waals surface area contributed by atoms with Crippen LogP contribution in [-0.4, -0.2) is 39.8 Å². The molecule has 33 heavy (non-hydrogen) atoms. The molecule has 0 atom stereocenters. The van der Waals surface area contributed by atoms with E-state index in [2.05, 4.69) is 5.32 Å². The maximum absolute atomic E-state index is 14.4. The molecule has 0 radical (unpaired) electrons. The van der Waals surface area contributed by atoms with Crippen LogP contribution in [0.1, 0.15) is 5.56 Å². The molecule has 7 nitrogen and oxygen atoms in total.